The molecule has 0 aliphatic carbocycles. The average Bonchev–Trinajstić information content (AvgIpc) is 2.83. The van der Waals surface area contributed by atoms with Crippen molar-refractivity contribution < 1.29 is 60.6 Å². The molecule has 32 heavy (non-hydrogen) atoms. The van der Waals surface area contributed by atoms with Gasteiger partial charge in [-0.15, -0.1) is 0 Å². The van der Waals surface area contributed by atoms with Crippen LogP contribution in [0.2, 0.25) is 0 Å². The van der Waals surface area contributed by atoms with Gasteiger partial charge < -0.3 is 35.2 Å². The van der Waals surface area contributed by atoms with Crippen molar-refractivity contribution in [2.45, 2.75) is 31.0 Å². The molecule has 1 saturated heterocycles. The number of ether oxygens (including phenoxy) is 1. The SMILES string of the molecule is C=C(C)[C@]1(COP(=O)(O)OP(=O)(O)OP(=O)(O)O)O[C@@H](n2ccc(N)nc2=O)[C@H](F)[C@@H]1O. The molecule has 7 N–H and O–H groups in total. The molecule has 1 aromatic rings. The van der Waals surface area contributed by atoms with Crippen LogP contribution in [0.3, 0.4) is 0 Å². The topological polar surface area (TPSA) is 250 Å². The lowest BCUT2D eigenvalue weighted by molar-refractivity contribution is -0.103. The maximum atomic E-state index is 14.8. The molecule has 0 radical (unpaired) electrons. The third kappa shape index (κ3) is 6.17. The van der Waals surface area contributed by atoms with Gasteiger partial charge in [-0.05, 0) is 18.6 Å². The lowest BCUT2D eigenvalue weighted by Gasteiger charge is -2.32. The predicted molar refractivity (Wildman–Crippen MR) is 101 cm³/mol. The number of phosphoric ester groups is 1. The van der Waals surface area contributed by atoms with E-state index in [2.05, 4.69) is 24.7 Å². The van der Waals surface area contributed by atoms with Crippen LogP contribution in [0.4, 0.5) is 10.2 Å². The fourth-order valence-corrected chi connectivity index (χ4v) is 5.72. The Morgan fingerprint density at radius 1 is 1.31 bits per heavy atom. The number of aliphatic hydroxyl groups excluding tert-OH is 1. The Hall–Kier alpha value is -1.32. The molecule has 2 unspecified atom stereocenters. The monoisotopic (exact) mass is 525 g/mol. The number of aromatic nitrogens is 2. The van der Waals surface area contributed by atoms with Gasteiger partial charge in [-0.3, -0.25) is 9.09 Å². The number of anilines is 1. The minimum atomic E-state index is -5.81. The standard InChI is InChI=1S/C12H19FN3O13P3/c1-6(2)12(5-26-31(22,23)29-32(24,25)28-30(19,20)21)9(17)8(13)10(27-12)16-4-3-7(14)15-11(16)18/h3-4,8-10,17H,1,5H2,2H3,(H,22,23)(H,24,25)(H2,14,15,18)(H2,19,20,21)/t8-,9+,10-,12+/m1/s1. The van der Waals surface area contributed by atoms with Gasteiger partial charge in [-0.25, -0.2) is 22.9 Å². The van der Waals surface area contributed by atoms with Crippen LogP contribution in [0.15, 0.2) is 29.2 Å². The van der Waals surface area contributed by atoms with E-state index in [4.69, 9.17) is 20.3 Å². The molecule has 0 spiro atoms. The van der Waals surface area contributed by atoms with E-state index < -0.39 is 59.9 Å². The van der Waals surface area contributed by atoms with Crippen LogP contribution in [-0.4, -0.2) is 58.7 Å². The molecule has 0 aromatic carbocycles. The van der Waals surface area contributed by atoms with E-state index in [1.54, 1.807) is 0 Å². The number of nitrogens with two attached hydrogens (primary N) is 1. The van der Waals surface area contributed by atoms with E-state index in [1.807, 2.05) is 0 Å². The number of alkyl halides is 1. The van der Waals surface area contributed by atoms with Crippen molar-refractivity contribution in [3.63, 3.8) is 0 Å². The number of phosphoric acid groups is 3. The summed E-state index contributed by atoms with van der Waals surface area (Å²) in [5, 5.41) is 10.4. The Balaban J connectivity index is 2.28. The number of hydrogen-bond donors (Lipinski definition) is 6. The van der Waals surface area contributed by atoms with Crippen molar-refractivity contribution in [1.82, 2.24) is 9.55 Å². The van der Waals surface area contributed by atoms with Gasteiger partial charge in [-0.2, -0.15) is 13.6 Å². The Bertz CT molecular complexity index is 1090. The van der Waals surface area contributed by atoms with Crippen molar-refractivity contribution in [3.05, 3.63) is 34.9 Å². The summed E-state index contributed by atoms with van der Waals surface area (Å²) in [7, 11) is -17.0. The zero-order valence-corrected chi connectivity index (χ0v) is 18.7. The zero-order valence-electron chi connectivity index (χ0n) is 16.0. The molecule has 2 rings (SSSR count). The number of halogens is 1. The maximum Gasteiger partial charge on any atom is 0.490 e. The molecular weight excluding hydrogens is 506 g/mol. The summed E-state index contributed by atoms with van der Waals surface area (Å²) in [6.45, 7) is 3.47. The first-order valence-electron chi connectivity index (χ1n) is 8.18. The number of nitrogens with zero attached hydrogens (tertiary/aromatic N) is 2. The molecule has 1 fully saturated rings. The summed E-state index contributed by atoms with van der Waals surface area (Å²) in [6, 6.07) is 1.14. The minimum absolute atomic E-state index is 0.162. The van der Waals surface area contributed by atoms with Gasteiger partial charge in [0.15, 0.2) is 12.4 Å². The number of aliphatic hydroxyl groups is 1. The molecule has 0 amide bonds. The van der Waals surface area contributed by atoms with Crippen LogP contribution in [-0.2, 0) is 31.6 Å². The summed E-state index contributed by atoms with van der Waals surface area (Å²) in [4.78, 5) is 51.2. The van der Waals surface area contributed by atoms with Gasteiger partial charge in [0, 0.05) is 6.20 Å². The number of rotatable bonds is 9. The first-order valence-corrected chi connectivity index (χ1v) is 12.7. The first-order chi connectivity index (χ1) is 14.4. The Kier molecular flexibility index (Phi) is 7.69. The normalized spacial score (nSPS) is 29.9. The summed E-state index contributed by atoms with van der Waals surface area (Å²) < 4.78 is 66.5. The van der Waals surface area contributed by atoms with E-state index in [1.165, 1.54) is 6.92 Å². The van der Waals surface area contributed by atoms with E-state index >= 15 is 0 Å². The molecule has 182 valence electrons. The highest BCUT2D eigenvalue weighted by Gasteiger charge is 2.58. The second-order valence-corrected chi connectivity index (χ2v) is 10.9. The molecule has 16 nitrogen and oxygen atoms in total. The highest BCUT2D eigenvalue weighted by Crippen LogP contribution is 2.66. The molecule has 1 aromatic heterocycles. The van der Waals surface area contributed by atoms with E-state index in [0.717, 1.165) is 12.3 Å². The maximum absolute atomic E-state index is 14.8. The first kappa shape index (κ1) is 26.9. The van der Waals surface area contributed by atoms with E-state index in [0.29, 0.717) is 4.57 Å². The van der Waals surface area contributed by atoms with Crippen LogP contribution in [0, 0.1) is 0 Å². The molecule has 2 heterocycles. The highest BCUT2D eigenvalue weighted by atomic mass is 31.3. The molecule has 6 atom stereocenters. The van der Waals surface area contributed by atoms with Crippen LogP contribution in [0.25, 0.3) is 0 Å². The third-order valence-electron chi connectivity index (χ3n) is 4.09. The van der Waals surface area contributed by atoms with Crippen molar-refractivity contribution >= 4 is 29.3 Å². The quantitative estimate of drug-likeness (QED) is 0.179. The lowest BCUT2D eigenvalue weighted by Crippen LogP contribution is -2.46. The molecule has 0 bridgehead atoms. The van der Waals surface area contributed by atoms with Gasteiger partial charge in [0.2, 0.25) is 0 Å². The van der Waals surface area contributed by atoms with Gasteiger partial charge in [0.1, 0.15) is 17.5 Å². The third-order valence-corrected chi connectivity index (χ3v) is 7.87. The minimum Gasteiger partial charge on any atom is -0.386 e. The molecular formula is C12H19FN3O13P3. The molecule has 0 saturated carbocycles. The Morgan fingerprint density at radius 3 is 2.41 bits per heavy atom. The Morgan fingerprint density at radius 2 is 1.91 bits per heavy atom. The number of hydrogen-bond acceptors (Lipinski definition) is 11. The van der Waals surface area contributed by atoms with Crippen LogP contribution < -0.4 is 11.4 Å². The smallest absolute Gasteiger partial charge is 0.386 e. The second-order valence-electron chi connectivity index (χ2n) is 6.47. The largest absolute Gasteiger partial charge is 0.490 e. The van der Waals surface area contributed by atoms with Crippen molar-refractivity contribution in [3.8, 4) is 0 Å². The van der Waals surface area contributed by atoms with Gasteiger partial charge in [-0.1, -0.05) is 6.58 Å². The lowest BCUT2D eigenvalue weighted by atomic mass is 9.90. The zero-order chi connectivity index (χ0) is 24.7. The Labute approximate surface area is 178 Å². The van der Waals surface area contributed by atoms with Crippen molar-refractivity contribution in [1.29, 1.82) is 0 Å². The van der Waals surface area contributed by atoms with Crippen LogP contribution in [0.1, 0.15) is 13.2 Å². The predicted octanol–water partition coefficient (Wildman–Crippen LogP) is -0.289. The van der Waals surface area contributed by atoms with Crippen molar-refractivity contribution in [2.75, 3.05) is 12.3 Å². The van der Waals surface area contributed by atoms with Gasteiger partial charge in [0.05, 0.1) is 6.61 Å². The fourth-order valence-electron chi connectivity index (χ4n) is 2.67. The van der Waals surface area contributed by atoms with Crippen LogP contribution in [0.5, 0.6) is 0 Å². The molecule has 20 heteroatoms. The number of nitrogen functional groups attached to an aromatic ring is 1. The van der Waals surface area contributed by atoms with E-state index in [-0.39, 0.29) is 11.4 Å². The highest BCUT2D eigenvalue weighted by molar-refractivity contribution is 7.66. The van der Waals surface area contributed by atoms with Crippen molar-refractivity contribution in [2.24, 2.45) is 0 Å². The summed E-state index contributed by atoms with van der Waals surface area (Å²) in [6.07, 6.45) is -5.25. The summed E-state index contributed by atoms with van der Waals surface area (Å²) in [5.74, 6) is -0.181. The van der Waals surface area contributed by atoms with Gasteiger partial charge >= 0.3 is 29.2 Å². The van der Waals surface area contributed by atoms with E-state index in [9.17, 15) is 37.8 Å². The average molecular weight is 525 g/mol. The summed E-state index contributed by atoms with van der Waals surface area (Å²) in [5.41, 5.74) is 1.87. The summed E-state index contributed by atoms with van der Waals surface area (Å²) >= 11 is 0. The van der Waals surface area contributed by atoms with Gasteiger partial charge in [0.25, 0.3) is 0 Å². The fraction of sp³-hybridized carbons (Fsp3) is 0.500. The molecule has 1 aliphatic rings. The molecule has 1 aliphatic heterocycles. The second kappa shape index (κ2) is 9.14. The van der Waals surface area contributed by atoms with Crippen LogP contribution >= 0.6 is 23.5 Å².